The van der Waals surface area contributed by atoms with Crippen molar-refractivity contribution in [3.8, 4) is 0 Å². The summed E-state index contributed by atoms with van der Waals surface area (Å²) in [6.07, 6.45) is 5.85. The van der Waals surface area contributed by atoms with Gasteiger partial charge in [0.25, 0.3) is 0 Å². The Hall–Kier alpha value is -0.570. The third-order valence-corrected chi connectivity index (χ3v) is 3.78. The molecule has 0 amide bonds. The van der Waals surface area contributed by atoms with Gasteiger partial charge in [0.15, 0.2) is 0 Å². The number of hydrogen-bond donors (Lipinski definition) is 0. The minimum absolute atomic E-state index is 0.828. The van der Waals surface area contributed by atoms with Crippen LogP contribution in [0.4, 0.5) is 5.82 Å². The van der Waals surface area contributed by atoms with E-state index in [9.17, 15) is 0 Å². The highest BCUT2D eigenvalue weighted by Crippen LogP contribution is 2.25. The Labute approximate surface area is 106 Å². The predicted molar refractivity (Wildman–Crippen MR) is 72.3 cm³/mol. The lowest BCUT2D eigenvalue weighted by molar-refractivity contribution is 0.406. The Morgan fingerprint density at radius 1 is 1.56 bits per heavy atom. The molecule has 1 fully saturated rings. The molecule has 0 bridgehead atoms. The topological polar surface area (TPSA) is 16.1 Å². The average Bonchev–Trinajstić information content (AvgIpc) is 2.30. The summed E-state index contributed by atoms with van der Waals surface area (Å²) in [5.41, 5.74) is 1.29. The smallest absolute Gasteiger partial charge is 0.131 e. The number of hydrogen-bond acceptors (Lipinski definition) is 2. The Morgan fingerprint density at radius 3 is 3.19 bits per heavy atom. The van der Waals surface area contributed by atoms with Gasteiger partial charge in [-0.2, -0.15) is 0 Å². The molecule has 16 heavy (non-hydrogen) atoms. The number of alkyl halides is 1. The van der Waals surface area contributed by atoms with Crippen LogP contribution >= 0.6 is 15.9 Å². The zero-order valence-corrected chi connectivity index (χ0v) is 11.4. The number of piperidine rings is 1. The summed E-state index contributed by atoms with van der Waals surface area (Å²) in [4.78, 5) is 6.96. The molecule has 88 valence electrons. The van der Waals surface area contributed by atoms with Gasteiger partial charge in [-0.15, -0.1) is 0 Å². The molecule has 0 N–H and O–H groups in total. The molecule has 0 aromatic carbocycles. The molecule has 2 rings (SSSR count). The number of rotatable bonds is 3. The minimum Gasteiger partial charge on any atom is -0.356 e. The molecule has 1 atom stereocenters. The van der Waals surface area contributed by atoms with Crippen molar-refractivity contribution in [2.24, 2.45) is 5.92 Å². The van der Waals surface area contributed by atoms with Crippen molar-refractivity contribution in [1.29, 1.82) is 0 Å². The second-order valence-corrected chi connectivity index (χ2v) is 5.37. The fourth-order valence-corrected chi connectivity index (χ4v) is 3.10. The Balaban J connectivity index is 2.07. The van der Waals surface area contributed by atoms with Crippen LogP contribution in [0.25, 0.3) is 0 Å². The van der Waals surface area contributed by atoms with Crippen LogP contribution in [0.3, 0.4) is 0 Å². The van der Waals surface area contributed by atoms with Crippen molar-refractivity contribution in [3.05, 3.63) is 23.9 Å². The third-order valence-electron chi connectivity index (χ3n) is 3.32. The van der Waals surface area contributed by atoms with Crippen molar-refractivity contribution in [2.75, 3.05) is 23.3 Å². The fraction of sp³-hybridized carbons (Fsp3) is 0.615. The summed E-state index contributed by atoms with van der Waals surface area (Å²) in [7, 11) is 0. The van der Waals surface area contributed by atoms with Crippen LogP contribution in [0.15, 0.2) is 18.3 Å². The first kappa shape index (κ1) is 11.9. The molecule has 2 nitrogen and oxygen atoms in total. The normalized spacial score (nSPS) is 21.1. The van der Waals surface area contributed by atoms with E-state index < -0.39 is 0 Å². The third kappa shape index (κ3) is 2.76. The van der Waals surface area contributed by atoms with Gasteiger partial charge in [0.2, 0.25) is 0 Å². The molecule has 2 heterocycles. The SMILES string of the molecule is Cc1cccnc1N1CCCC(CCBr)C1. The van der Waals surface area contributed by atoms with Crippen LogP contribution in [0.5, 0.6) is 0 Å². The second kappa shape index (κ2) is 5.67. The highest BCUT2D eigenvalue weighted by molar-refractivity contribution is 9.09. The van der Waals surface area contributed by atoms with E-state index in [2.05, 4.69) is 38.8 Å². The largest absolute Gasteiger partial charge is 0.356 e. The highest BCUT2D eigenvalue weighted by Gasteiger charge is 2.21. The van der Waals surface area contributed by atoms with E-state index in [1.807, 2.05) is 12.3 Å². The molecule has 0 aliphatic carbocycles. The van der Waals surface area contributed by atoms with Crippen molar-refractivity contribution in [1.82, 2.24) is 4.98 Å². The van der Waals surface area contributed by atoms with E-state index in [0.29, 0.717) is 0 Å². The van der Waals surface area contributed by atoms with Crippen LogP contribution in [0.2, 0.25) is 0 Å². The molecule has 1 aromatic rings. The summed E-state index contributed by atoms with van der Waals surface area (Å²) >= 11 is 3.54. The van der Waals surface area contributed by atoms with E-state index in [-0.39, 0.29) is 0 Å². The maximum absolute atomic E-state index is 4.51. The summed E-state index contributed by atoms with van der Waals surface area (Å²) in [5.74, 6) is 2.01. The van der Waals surface area contributed by atoms with Gasteiger partial charge >= 0.3 is 0 Å². The summed E-state index contributed by atoms with van der Waals surface area (Å²) in [6, 6.07) is 4.16. The molecule has 1 aliphatic heterocycles. The number of aromatic nitrogens is 1. The van der Waals surface area contributed by atoms with E-state index in [4.69, 9.17) is 0 Å². The summed E-state index contributed by atoms with van der Waals surface area (Å²) < 4.78 is 0. The first-order valence-electron chi connectivity index (χ1n) is 6.04. The zero-order valence-electron chi connectivity index (χ0n) is 9.82. The number of pyridine rings is 1. The fourth-order valence-electron chi connectivity index (χ4n) is 2.46. The molecule has 0 spiro atoms. The molecule has 1 unspecified atom stereocenters. The lowest BCUT2D eigenvalue weighted by Gasteiger charge is -2.34. The maximum atomic E-state index is 4.51. The average molecular weight is 283 g/mol. The molecule has 0 radical (unpaired) electrons. The standard InChI is InChI=1S/C13H19BrN2/c1-11-4-2-8-15-13(11)16-9-3-5-12(10-16)6-7-14/h2,4,8,12H,3,5-7,9-10H2,1H3. The Morgan fingerprint density at radius 2 is 2.44 bits per heavy atom. The van der Waals surface area contributed by atoms with E-state index in [0.717, 1.165) is 17.8 Å². The van der Waals surface area contributed by atoms with Gasteiger partial charge in [0, 0.05) is 24.6 Å². The molecule has 0 saturated carbocycles. The summed E-state index contributed by atoms with van der Waals surface area (Å²) in [5, 5.41) is 1.12. The van der Waals surface area contributed by atoms with Gasteiger partial charge in [-0.1, -0.05) is 22.0 Å². The number of nitrogens with zero attached hydrogens (tertiary/aromatic N) is 2. The van der Waals surface area contributed by atoms with Gasteiger partial charge in [-0.05, 0) is 43.7 Å². The van der Waals surface area contributed by atoms with Crippen molar-refractivity contribution in [2.45, 2.75) is 26.2 Å². The molecule has 1 saturated heterocycles. The minimum atomic E-state index is 0.828. The van der Waals surface area contributed by atoms with Crippen LogP contribution < -0.4 is 4.90 Å². The Bertz CT molecular complexity index is 338. The lowest BCUT2D eigenvalue weighted by atomic mass is 9.95. The molecule has 3 heteroatoms. The van der Waals surface area contributed by atoms with Gasteiger partial charge in [0.1, 0.15) is 5.82 Å². The molecular weight excluding hydrogens is 264 g/mol. The molecular formula is C13H19BrN2. The molecule has 1 aliphatic rings. The second-order valence-electron chi connectivity index (χ2n) is 4.58. The Kier molecular flexibility index (Phi) is 4.22. The van der Waals surface area contributed by atoms with E-state index in [1.54, 1.807) is 0 Å². The number of halogens is 1. The highest BCUT2D eigenvalue weighted by atomic mass is 79.9. The maximum Gasteiger partial charge on any atom is 0.131 e. The van der Waals surface area contributed by atoms with Crippen molar-refractivity contribution in [3.63, 3.8) is 0 Å². The number of anilines is 1. The monoisotopic (exact) mass is 282 g/mol. The quantitative estimate of drug-likeness (QED) is 0.790. The zero-order chi connectivity index (χ0) is 11.4. The predicted octanol–water partition coefficient (Wildman–Crippen LogP) is 3.39. The van der Waals surface area contributed by atoms with Gasteiger partial charge < -0.3 is 4.90 Å². The van der Waals surface area contributed by atoms with Gasteiger partial charge in [-0.25, -0.2) is 4.98 Å². The van der Waals surface area contributed by atoms with Gasteiger partial charge in [-0.3, -0.25) is 0 Å². The van der Waals surface area contributed by atoms with Gasteiger partial charge in [0.05, 0.1) is 0 Å². The number of aryl methyl sites for hydroxylation is 1. The van der Waals surface area contributed by atoms with Crippen molar-refractivity contribution < 1.29 is 0 Å². The van der Waals surface area contributed by atoms with E-state index in [1.165, 1.54) is 37.2 Å². The van der Waals surface area contributed by atoms with E-state index >= 15 is 0 Å². The lowest BCUT2D eigenvalue weighted by Crippen LogP contribution is -2.36. The van der Waals surface area contributed by atoms with Crippen LogP contribution in [0.1, 0.15) is 24.8 Å². The van der Waals surface area contributed by atoms with Crippen LogP contribution in [0, 0.1) is 12.8 Å². The van der Waals surface area contributed by atoms with Crippen LogP contribution in [-0.2, 0) is 0 Å². The summed E-state index contributed by atoms with van der Waals surface area (Å²) in [6.45, 7) is 4.48. The first-order valence-corrected chi connectivity index (χ1v) is 7.16. The molecule has 1 aromatic heterocycles. The van der Waals surface area contributed by atoms with Crippen LogP contribution in [-0.4, -0.2) is 23.4 Å². The van der Waals surface area contributed by atoms with Crippen molar-refractivity contribution >= 4 is 21.7 Å². The first-order chi connectivity index (χ1) is 7.81.